The maximum absolute atomic E-state index is 12.7. The molecule has 1 atom stereocenters. The second-order valence-corrected chi connectivity index (χ2v) is 6.52. The second kappa shape index (κ2) is 6.63. The van der Waals surface area contributed by atoms with Crippen LogP contribution < -0.4 is 5.32 Å². The highest BCUT2D eigenvalue weighted by Gasteiger charge is 2.30. The monoisotopic (exact) mass is 328 g/mol. The van der Waals surface area contributed by atoms with Crippen LogP contribution in [0, 0.1) is 13.8 Å². The number of likely N-dealkylation sites (tertiary alicyclic amines) is 1. The number of amides is 2. The Labute approximate surface area is 142 Å². The van der Waals surface area contributed by atoms with E-state index in [1.54, 1.807) is 0 Å². The van der Waals surface area contributed by atoms with E-state index >= 15 is 0 Å². The van der Waals surface area contributed by atoms with Gasteiger partial charge in [-0.25, -0.2) is 4.79 Å². The van der Waals surface area contributed by atoms with Crippen molar-refractivity contribution >= 4 is 23.3 Å². The summed E-state index contributed by atoms with van der Waals surface area (Å²) in [6, 6.07) is 13.9. The van der Waals surface area contributed by atoms with E-state index in [9.17, 15) is 4.79 Å². The van der Waals surface area contributed by atoms with Crippen molar-refractivity contribution < 1.29 is 4.79 Å². The van der Waals surface area contributed by atoms with Gasteiger partial charge in [0, 0.05) is 17.3 Å². The minimum atomic E-state index is -0.0313. The standard InChI is InChI=1S/C19H21ClN2O/c1-13-5-3-6-17(14(13)2)21-19(23)22-12-4-7-18(22)15-8-10-16(20)11-9-15/h3,5-6,8-11,18H,4,7,12H2,1-2H3,(H,21,23)/t18-/m1/s1. The molecular weight excluding hydrogens is 308 g/mol. The number of carbonyl (C=O) groups is 1. The van der Waals surface area contributed by atoms with Crippen LogP contribution in [-0.2, 0) is 0 Å². The van der Waals surface area contributed by atoms with Crippen LogP contribution in [0.15, 0.2) is 42.5 Å². The van der Waals surface area contributed by atoms with Crippen LogP contribution in [0.3, 0.4) is 0 Å². The van der Waals surface area contributed by atoms with Crippen molar-refractivity contribution in [3.63, 3.8) is 0 Å². The summed E-state index contributed by atoms with van der Waals surface area (Å²) in [4.78, 5) is 14.6. The van der Waals surface area contributed by atoms with Crippen molar-refractivity contribution in [2.24, 2.45) is 0 Å². The van der Waals surface area contributed by atoms with Crippen molar-refractivity contribution in [1.29, 1.82) is 0 Å². The number of rotatable bonds is 2. The first-order chi connectivity index (χ1) is 11.1. The summed E-state index contributed by atoms with van der Waals surface area (Å²) >= 11 is 5.96. The first-order valence-electron chi connectivity index (χ1n) is 7.95. The number of urea groups is 1. The zero-order valence-corrected chi connectivity index (χ0v) is 14.2. The first kappa shape index (κ1) is 15.9. The van der Waals surface area contributed by atoms with Gasteiger partial charge in [-0.2, -0.15) is 0 Å². The summed E-state index contributed by atoms with van der Waals surface area (Å²) in [5.41, 5.74) is 4.32. The molecule has 0 spiro atoms. The topological polar surface area (TPSA) is 32.3 Å². The number of aryl methyl sites for hydroxylation is 1. The van der Waals surface area contributed by atoms with Crippen molar-refractivity contribution in [3.05, 3.63) is 64.2 Å². The van der Waals surface area contributed by atoms with Gasteiger partial charge in [-0.1, -0.05) is 35.9 Å². The average Bonchev–Trinajstić information content (AvgIpc) is 3.02. The van der Waals surface area contributed by atoms with E-state index in [-0.39, 0.29) is 12.1 Å². The summed E-state index contributed by atoms with van der Waals surface area (Å²) in [6.07, 6.45) is 2.01. The molecule has 0 aromatic heterocycles. The Morgan fingerprint density at radius 2 is 1.91 bits per heavy atom. The lowest BCUT2D eigenvalue weighted by Crippen LogP contribution is -2.34. The number of carbonyl (C=O) groups excluding carboxylic acids is 1. The number of hydrogen-bond donors (Lipinski definition) is 1. The van der Waals surface area contributed by atoms with Gasteiger partial charge in [-0.05, 0) is 61.6 Å². The van der Waals surface area contributed by atoms with Crippen LogP contribution in [0.25, 0.3) is 0 Å². The number of halogens is 1. The average molecular weight is 329 g/mol. The van der Waals surface area contributed by atoms with Gasteiger partial charge < -0.3 is 10.2 Å². The van der Waals surface area contributed by atoms with Gasteiger partial charge in [0.05, 0.1) is 6.04 Å². The molecule has 2 aromatic carbocycles. The summed E-state index contributed by atoms with van der Waals surface area (Å²) in [5.74, 6) is 0. The van der Waals surface area contributed by atoms with Crippen molar-refractivity contribution in [3.8, 4) is 0 Å². The smallest absolute Gasteiger partial charge is 0.317 e. The van der Waals surface area contributed by atoms with Crippen LogP contribution in [0.4, 0.5) is 10.5 Å². The fourth-order valence-electron chi connectivity index (χ4n) is 3.11. The molecule has 3 nitrogen and oxygen atoms in total. The minimum Gasteiger partial charge on any atom is -0.317 e. The highest BCUT2D eigenvalue weighted by molar-refractivity contribution is 6.30. The normalized spacial score (nSPS) is 17.3. The molecular formula is C19H21ClN2O. The van der Waals surface area contributed by atoms with Crippen molar-refractivity contribution in [2.75, 3.05) is 11.9 Å². The predicted octanol–water partition coefficient (Wildman–Crippen LogP) is 5.33. The molecule has 1 saturated heterocycles. The van der Waals surface area contributed by atoms with E-state index in [0.717, 1.165) is 41.2 Å². The molecule has 120 valence electrons. The van der Waals surface area contributed by atoms with E-state index in [1.807, 2.05) is 48.2 Å². The number of anilines is 1. The Balaban J connectivity index is 1.78. The summed E-state index contributed by atoms with van der Waals surface area (Å²) in [6.45, 7) is 4.87. The van der Waals surface area contributed by atoms with E-state index in [1.165, 1.54) is 5.56 Å². The van der Waals surface area contributed by atoms with Gasteiger partial charge in [0.25, 0.3) is 0 Å². The maximum atomic E-state index is 12.7. The minimum absolute atomic E-state index is 0.0313. The van der Waals surface area contributed by atoms with Crippen LogP contribution in [-0.4, -0.2) is 17.5 Å². The Kier molecular flexibility index (Phi) is 4.58. The van der Waals surface area contributed by atoms with E-state index in [2.05, 4.69) is 18.3 Å². The van der Waals surface area contributed by atoms with Crippen LogP contribution in [0.5, 0.6) is 0 Å². The third-order valence-corrected chi connectivity index (χ3v) is 4.87. The molecule has 2 amide bonds. The number of hydrogen-bond acceptors (Lipinski definition) is 1. The first-order valence-corrected chi connectivity index (χ1v) is 8.33. The van der Waals surface area contributed by atoms with Crippen LogP contribution in [0.1, 0.15) is 35.6 Å². The lowest BCUT2D eigenvalue weighted by atomic mass is 10.0. The molecule has 1 aliphatic heterocycles. The van der Waals surface area contributed by atoms with Gasteiger partial charge in [-0.3, -0.25) is 0 Å². The van der Waals surface area contributed by atoms with E-state index < -0.39 is 0 Å². The lowest BCUT2D eigenvalue weighted by molar-refractivity contribution is 0.207. The van der Waals surface area contributed by atoms with Gasteiger partial charge in [0.2, 0.25) is 0 Å². The third-order valence-electron chi connectivity index (χ3n) is 4.61. The molecule has 3 rings (SSSR count). The predicted molar refractivity (Wildman–Crippen MR) is 95.1 cm³/mol. The van der Waals surface area contributed by atoms with Crippen molar-refractivity contribution in [2.45, 2.75) is 32.7 Å². The molecule has 1 heterocycles. The van der Waals surface area contributed by atoms with Gasteiger partial charge in [0.15, 0.2) is 0 Å². The highest BCUT2D eigenvalue weighted by Crippen LogP contribution is 2.33. The number of nitrogens with zero attached hydrogens (tertiary/aromatic N) is 1. The van der Waals surface area contributed by atoms with Gasteiger partial charge >= 0.3 is 6.03 Å². The lowest BCUT2D eigenvalue weighted by Gasteiger charge is -2.26. The zero-order valence-electron chi connectivity index (χ0n) is 13.5. The SMILES string of the molecule is Cc1cccc(NC(=O)N2CCC[C@@H]2c2ccc(Cl)cc2)c1C. The second-order valence-electron chi connectivity index (χ2n) is 6.08. The molecule has 0 saturated carbocycles. The Morgan fingerprint density at radius 3 is 2.65 bits per heavy atom. The van der Waals surface area contributed by atoms with Gasteiger partial charge in [0.1, 0.15) is 0 Å². The molecule has 1 aliphatic rings. The van der Waals surface area contributed by atoms with Gasteiger partial charge in [-0.15, -0.1) is 0 Å². The summed E-state index contributed by atoms with van der Waals surface area (Å²) in [7, 11) is 0. The fraction of sp³-hybridized carbons (Fsp3) is 0.316. The molecule has 2 aromatic rings. The Bertz CT molecular complexity index is 712. The molecule has 0 bridgehead atoms. The maximum Gasteiger partial charge on any atom is 0.322 e. The van der Waals surface area contributed by atoms with Crippen LogP contribution in [0.2, 0.25) is 5.02 Å². The van der Waals surface area contributed by atoms with E-state index in [0.29, 0.717) is 0 Å². The zero-order chi connectivity index (χ0) is 16.4. The molecule has 23 heavy (non-hydrogen) atoms. The highest BCUT2D eigenvalue weighted by atomic mass is 35.5. The van der Waals surface area contributed by atoms with E-state index in [4.69, 9.17) is 11.6 Å². The molecule has 1 N–H and O–H groups in total. The number of nitrogens with one attached hydrogen (secondary N) is 1. The molecule has 1 fully saturated rings. The Morgan fingerprint density at radius 1 is 1.17 bits per heavy atom. The third kappa shape index (κ3) is 3.35. The summed E-state index contributed by atoms with van der Waals surface area (Å²) < 4.78 is 0. The molecule has 0 radical (unpaired) electrons. The quantitative estimate of drug-likeness (QED) is 0.794. The largest absolute Gasteiger partial charge is 0.322 e. The Hall–Kier alpha value is -2.00. The molecule has 0 aliphatic carbocycles. The molecule has 4 heteroatoms. The summed E-state index contributed by atoms with van der Waals surface area (Å²) in [5, 5.41) is 3.79. The van der Waals surface area contributed by atoms with Crippen molar-refractivity contribution in [1.82, 2.24) is 4.90 Å². The van der Waals surface area contributed by atoms with Crippen LogP contribution >= 0.6 is 11.6 Å². The number of benzene rings is 2. The fourth-order valence-corrected chi connectivity index (χ4v) is 3.24. The molecule has 0 unspecified atom stereocenters.